The third-order valence-electron chi connectivity index (χ3n) is 3.05. The molecule has 19 heavy (non-hydrogen) atoms. The van der Waals surface area contributed by atoms with Crippen LogP contribution in [0.25, 0.3) is 0 Å². The summed E-state index contributed by atoms with van der Waals surface area (Å²) in [5, 5.41) is 8.71. The molecule has 0 fully saturated rings. The van der Waals surface area contributed by atoms with Gasteiger partial charge in [0.25, 0.3) is 0 Å². The second-order valence-electron chi connectivity index (χ2n) is 4.61. The Kier molecular flexibility index (Phi) is 4.31. The Morgan fingerprint density at radius 3 is 2.16 bits per heavy atom. The minimum atomic E-state index is -0.874. The minimum absolute atomic E-state index is 0.0436. The Hall–Kier alpha value is -2.13. The van der Waals surface area contributed by atoms with Crippen molar-refractivity contribution in [3.8, 4) is 0 Å². The van der Waals surface area contributed by atoms with E-state index in [4.69, 9.17) is 10.8 Å². The van der Waals surface area contributed by atoms with Crippen LogP contribution in [0.1, 0.15) is 29.2 Å². The fourth-order valence-corrected chi connectivity index (χ4v) is 2.02. The number of carbonyl (C=O) groups is 1. The first-order valence-electron chi connectivity index (χ1n) is 6.25. The SMILES string of the molecule is N[C@@H](CC(=O)O)c1ccc(Cc2ccccc2)cc1. The molecule has 1 atom stereocenters. The van der Waals surface area contributed by atoms with Crippen LogP contribution in [-0.4, -0.2) is 11.1 Å². The van der Waals surface area contributed by atoms with Crippen LogP contribution in [-0.2, 0) is 11.2 Å². The fourth-order valence-electron chi connectivity index (χ4n) is 2.02. The van der Waals surface area contributed by atoms with Gasteiger partial charge in [-0.1, -0.05) is 54.6 Å². The summed E-state index contributed by atoms with van der Waals surface area (Å²) in [5.74, 6) is -0.874. The second kappa shape index (κ2) is 6.16. The molecule has 0 heterocycles. The van der Waals surface area contributed by atoms with Gasteiger partial charge >= 0.3 is 5.97 Å². The van der Waals surface area contributed by atoms with E-state index in [0.29, 0.717) is 0 Å². The topological polar surface area (TPSA) is 63.3 Å². The van der Waals surface area contributed by atoms with Crippen molar-refractivity contribution in [2.45, 2.75) is 18.9 Å². The molecule has 0 spiro atoms. The number of rotatable bonds is 5. The molecule has 0 saturated carbocycles. The molecule has 0 aliphatic carbocycles. The first kappa shape index (κ1) is 13.3. The molecule has 3 heteroatoms. The molecule has 2 rings (SSSR count). The molecule has 0 unspecified atom stereocenters. The maximum atomic E-state index is 10.6. The summed E-state index contributed by atoms with van der Waals surface area (Å²) in [6.45, 7) is 0. The highest BCUT2D eigenvalue weighted by Crippen LogP contribution is 2.16. The molecule has 98 valence electrons. The lowest BCUT2D eigenvalue weighted by atomic mass is 10.00. The Bertz CT molecular complexity index is 534. The van der Waals surface area contributed by atoms with E-state index in [-0.39, 0.29) is 6.42 Å². The van der Waals surface area contributed by atoms with Gasteiger partial charge in [0.15, 0.2) is 0 Å². The zero-order chi connectivity index (χ0) is 13.7. The number of nitrogens with two attached hydrogens (primary N) is 1. The molecule has 0 radical (unpaired) electrons. The predicted octanol–water partition coefficient (Wildman–Crippen LogP) is 2.75. The van der Waals surface area contributed by atoms with Crippen LogP contribution in [0.15, 0.2) is 54.6 Å². The largest absolute Gasteiger partial charge is 0.481 e. The van der Waals surface area contributed by atoms with Crippen molar-refractivity contribution in [2.75, 3.05) is 0 Å². The summed E-state index contributed by atoms with van der Waals surface area (Å²) >= 11 is 0. The summed E-state index contributed by atoms with van der Waals surface area (Å²) in [6, 6.07) is 17.6. The van der Waals surface area contributed by atoms with Crippen molar-refractivity contribution in [3.63, 3.8) is 0 Å². The van der Waals surface area contributed by atoms with Crippen molar-refractivity contribution in [1.29, 1.82) is 0 Å². The van der Waals surface area contributed by atoms with Gasteiger partial charge in [-0.2, -0.15) is 0 Å². The van der Waals surface area contributed by atoms with Crippen molar-refractivity contribution in [3.05, 3.63) is 71.3 Å². The highest BCUT2D eigenvalue weighted by atomic mass is 16.4. The molecular formula is C16H17NO2. The van der Waals surface area contributed by atoms with Crippen LogP contribution in [0.3, 0.4) is 0 Å². The Balaban J connectivity index is 2.04. The van der Waals surface area contributed by atoms with E-state index in [1.807, 2.05) is 42.5 Å². The van der Waals surface area contributed by atoms with E-state index in [1.165, 1.54) is 11.1 Å². The Morgan fingerprint density at radius 2 is 1.58 bits per heavy atom. The van der Waals surface area contributed by atoms with Gasteiger partial charge in [-0.3, -0.25) is 4.79 Å². The molecule has 2 aromatic carbocycles. The molecule has 0 saturated heterocycles. The van der Waals surface area contributed by atoms with E-state index in [2.05, 4.69) is 12.1 Å². The van der Waals surface area contributed by atoms with Crippen molar-refractivity contribution >= 4 is 5.97 Å². The van der Waals surface area contributed by atoms with Gasteiger partial charge < -0.3 is 10.8 Å². The van der Waals surface area contributed by atoms with E-state index in [1.54, 1.807) is 0 Å². The normalized spacial score (nSPS) is 12.1. The highest BCUT2D eigenvalue weighted by Gasteiger charge is 2.10. The van der Waals surface area contributed by atoms with Crippen molar-refractivity contribution in [2.24, 2.45) is 5.73 Å². The molecule has 0 bridgehead atoms. The second-order valence-corrected chi connectivity index (χ2v) is 4.61. The van der Waals surface area contributed by atoms with Crippen LogP contribution in [0.2, 0.25) is 0 Å². The summed E-state index contributed by atoms with van der Waals surface area (Å²) in [6.07, 6.45) is 0.827. The third kappa shape index (κ3) is 3.93. The van der Waals surface area contributed by atoms with E-state index in [9.17, 15) is 4.79 Å². The lowest BCUT2D eigenvalue weighted by Crippen LogP contribution is -2.14. The summed E-state index contributed by atoms with van der Waals surface area (Å²) in [4.78, 5) is 10.6. The summed E-state index contributed by atoms with van der Waals surface area (Å²) < 4.78 is 0. The lowest BCUT2D eigenvalue weighted by molar-refractivity contribution is -0.137. The average Bonchev–Trinajstić information content (AvgIpc) is 2.40. The van der Waals surface area contributed by atoms with E-state index < -0.39 is 12.0 Å². The fraction of sp³-hybridized carbons (Fsp3) is 0.188. The van der Waals surface area contributed by atoms with Crippen LogP contribution >= 0.6 is 0 Å². The zero-order valence-electron chi connectivity index (χ0n) is 10.6. The smallest absolute Gasteiger partial charge is 0.305 e. The predicted molar refractivity (Wildman–Crippen MR) is 74.9 cm³/mol. The van der Waals surface area contributed by atoms with Crippen LogP contribution in [0.5, 0.6) is 0 Å². The van der Waals surface area contributed by atoms with Gasteiger partial charge in [0.05, 0.1) is 6.42 Å². The maximum Gasteiger partial charge on any atom is 0.305 e. The van der Waals surface area contributed by atoms with E-state index in [0.717, 1.165) is 12.0 Å². The molecule has 0 aliphatic heterocycles. The Labute approximate surface area is 112 Å². The molecule has 0 amide bonds. The average molecular weight is 255 g/mol. The van der Waals surface area contributed by atoms with Gasteiger partial charge in [0, 0.05) is 6.04 Å². The number of carboxylic acids is 1. The minimum Gasteiger partial charge on any atom is -0.481 e. The molecule has 2 aromatic rings. The summed E-state index contributed by atoms with van der Waals surface area (Å²) in [5.41, 5.74) is 9.12. The quantitative estimate of drug-likeness (QED) is 0.863. The van der Waals surface area contributed by atoms with Crippen molar-refractivity contribution < 1.29 is 9.90 Å². The van der Waals surface area contributed by atoms with Crippen molar-refractivity contribution in [1.82, 2.24) is 0 Å². The third-order valence-corrected chi connectivity index (χ3v) is 3.05. The van der Waals surface area contributed by atoms with Gasteiger partial charge in [0.1, 0.15) is 0 Å². The molecular weight excluding hydrogens is 238 g/mol. The van der Waals surface area contributed by atoms with Gasteiger partial charge in [0.2, 0.25) is 0 Å². The molecule has 3 nitrogen and oxygen atoms in total. The van der Waals surface area contributed by atoms with E-state index >= 15 is 0 Å². The molecule has 0 aromatic heterocycles. The number of aliphatic carboxylic acids is 1. The van der Waals surface area contributed by atoms with Gasteiger partial charge in [-0.25, -0.2) is 0 Å². The number of carboxylic acid groups (broad SMARTS) is 1. The van der Waals surface area contributed by atoms with Crippen LogP contribution < -0.4 is 5.73 Å². The van der Waals surface area contributed by atoms with Crippen LogP contribution in [0.4, 0.5) is 0 Å². The van der Waals surface area contributed by atoms with Gasteiger partial charge in [-0.15, -0.1) is 0 Å². The maximum absolute atomic E-state index is 10.6. The monoisotopic (exact) mass is 255 g/mol. The Morgan fingerprint density at radius 1 is 1.00 bits per heavy atom. The number of benzene rings is 2. The number of hydrogen-bond acceptors (Lipinski definition) is 2. The summed E-state index contributed by atoms with van der Waals surface area (Å²) in [7, 11) is 0. The molecule has 0 aliphatic rings. The first-order chi connectivity index (χ1) is 9.15. The first-order valence-corrected chi connectivity index (χ1v) is 6.25. The zero-order valence-corrected chi connectivity index (χ0v) is 10.6. The van der Waals surface area contributed by atoms with Crippen LogP contribution in [0, 0.1) is 0 Å². The molecule has 3 N–H and O–H groups in total. The number of hydrogen-bond donors (Lipinski definition) is 2. The van der Waals surface area contributed by atoms with Gasteiger partial charge in [-0.05, 0) is 23.1 Å². The highest BCUT2D eigenvalue weighted by molar-refractivity contribution is 5.67. The lowest BCUT2D eigenvalue weighted by Gasteiger charge is -2.10. The standard InChI is InChI=1S/C16H17NO2/c17-15(11-16(18)19)14-8-6-13(7-9-14)10-12-4-2-1-3-5-12/h1-9,15H,10-11,17H2,(H,18,19)/t15-/m0/s1.